The Kier molecular flexibility index (Phi) is 4.45. The summed E-state index contributed by atoms with van der Waals surface area (Å²) in [4.78, 5) is 0. The number of anilines is 1. The lowest BCUT2D eigenvalue weighted by molar-refractivity contribution is -0.532. The third kappa shape index (κ3) is 4.03. The molecule has 1 N–H and O–H groups in total. The highest BCUT2D eigenvalue weighted by molar-refractivity contribution is 7.92. The fraction of sp³-hybridized carbons (Fsp3) is 0.316. The molecule has 4 nitrogen and oxygen atoms in total. The van der Waals surface area contributed by atoms with Gasteiger partial charge >= 0.3 is 0 Å². The van der Waals surface area contributed by atoms with E-state index in [-0.39, 0.29) is 5.41 Å². The van der Waals surface area contributed by atoms with Crippen molar-refractivity contribution in [2.24, 2.45) is 0 Å². The second kappa shape index (κ2) is 6.40. The molecular weight excluding hydrogens is 320 g/mol. The summed E-state index contributed by atoms with van der Waals surface area (Å²) in [5.74, 6) is 0. The van der Waals surface area contributed by atoms with E-state index in [4.69, 9.17) is 0 Å². The summed E-state index contributed by atoms with van der Waals surface area (Å²) in [5.41, 5.74) is 3.10. The van der Waals surface area contributed by atoms with Crippen molar-refractivity contribution in [1.82, 2.24) is 0 Å². The van der Waals surface area contributed by atoms with Gasteiger partial charge in [0, 0.05) is 17.7 Å². The molecule has 0 amide bonds. The normalized spacial score (nSPS) is 20.7. The van der Waals surface area contributed by atoms with Gasteiger partial charge in [0.15, 0.2) is 12.8 Å². The number of hydrogen-bond donors (Lipinski definition) is 1. The van der Waals surface area contributed by atoms with E-state index in [1.54, 1.807) is 0 Å². The van der Waals surface area contributed by atoms with E-state index in [0.717, 1.165) is 25.8 Å². The number of benzene rings is 2. The van der Waals surface area contributed by atoms with Gasteiger partial charge < -0.3 is 0 Å². The highest BCUT2D eigenvalue weighted by atomic mass is 32.2. The zero-order valence-electron chi connectivity index (χ0n) is 14.1. The second-order valence-corrected chi connectivity index (χ2v) is 8.45. The van der Waals surface area contributed by atoms with Crippen molar-refractivity contribution in [2.45, 2.75) is 25.3 Å². The Bertz CT molecular complexity index is 843. The summed E-state index contributed by atoms with van der Waals surface area (Å²) < 4.78 is 27.5. The maximum atomic E-state index is 11.3. The number of rotatable bonds is 5. The molecule has 5 heteroatoms. The molecule has 2 aromatic rings. The minimum atomic E-state index is -3.23. The number of sulfonamides is 1. The first-order valence-electron chi connectivity index (χ1n) is 8.06. The Morgan fingerprint density at radius 1 is 1.08 bits per heavy atom. The van der Waals surface area contributed by atoms with E-state index in [0.29, 0.717) is 5.69 Å². The van der Waals surface area contributed by atoms with E-state index in [1.165, 1.54) is 11.1 Å². The summed E-state index contributed by atoms with van der Waals surface area (Å²) in [7, 11) is -3.23. The molecule has 2 aromatic carbocycles. The Morgan fingerprint density at radius 3 is 2.38 bits per heavy atom. The Balaban J connectivity index is 1.76. The molecule has 0 fully saturated rings. The van der Waals surface area contributed by atoms with Crippen LogP contribution in [-0.4, -0.2) is 32.0 Å². The molecule has 0 radical (unpaired) electrons. The Hall–Kier alpha value is -2.14. The van der Waals surface area contributed by atoms with Gasteiger partial charge in [-0.1, -0.05) is 42.5 Å². The average Bonchev–Trinajstić information content (AvgIpc) is 2.90. The molecule has 126 valence electrons. The summed E-state index contributed by atoms with van der Waals surface area (Å²) in [6, 6.07) is 18.1. The van der Waals surface area contributed by atoms with Crippen molar-refractivity contribution in [2.75, 3.05) is 17.5 Å². The first-order valence-corrected chi connectivity index (χ1v) is 9.96. The number of nitrogens with zero attached hydrogens (tertiary/aromatic N) is 1. The van der Waals surface area contributed by atoms with Crippen LogP contribution in [-0.2, 0) is 22.0 Å². The van der Waals surface area contributed by atoms with Gasteiger partial charge in [0.2, 0.25) is 10.0 Å². The van der Waals surface area contributed by atoms with Crippen LogP contribution in [0.3, 0.4) is 0 Å². The van der Waals surface area contributed by atoms with E-state index < -0.39 is 10.0 Å². The van der Waals surface area contributed by atoms with E-state index in [9.17, 15) is 8.42 Å². The largest absolute Gasteiger partial charge is 0.284 e. The van der Waals surface area contributed by atoms with Gasteiger partial charge in [0.1, 0.15) is 6.54 Å². The van der Waals surface area contributed by atoms with Crippen LogP contribution in [0.1, 0.15) is 24.5 Å². The van der Waals surface area contributed by atoms with Crippen LogP contribution in [0.15, 0.2) is 54.6 Å². The van der Waals surface area contributed by atoms with Gasteiger partial charge in [0.05, 0.1) is 11.7 Å². The first-order chi connectivity index (χ1) is 11.3. The maximum Gasteiger partial charge on any atom is 0.229 e. The molecule has 0 aromatic heterocycles. The second-order valence-electron chi connectivity index (χ2n) is 6.70. The molecule has 1 unspecified atom stereocenters. The molecule has 0 spiro atoms. The van der Waals surface area contributed by atoms with Gasteiger partial charge in [-0.15, -0.1) is 0 Å². The van der Waals surface area contributed by atoms with E-state index in [2.05, 4.69) is 46.7 Å². The summed E-state index contributed by atoms with van der Waals surface area (Å²) in [6.45, 7) is 4.18. The van der Waals surface area contributed by atoms with Gasteiger partial charge in [-0.25, -0.2) is 13.0 Å². The van der Waals surface area contributed by atoms with Crippen molar-refractivity contribution < 1.29 is 13.0 Å². The van der Waals surface area contributed by atoms with Crippen molar-refractivity contribution >= 4 is 21.9 Å². The van der Waals surface area contributed by atoms with Crippen LogP contribution in [0, 0.1) is 0 Å². The monoisotopic (exact) mass is 343 g/mol. The van der Waals surface area contributed by atoms with Gasteiger partial charge in [-0.3, -0.25) is 4.72 Å². The highest BCUT2D eigenvalue weighted by Gasteiger charge is 2.35. The predicted octanol–water partition coefficient (Wildman–Crippen LogP) is 3.00. The van der Waals surface area contributed by atoms with Crippen molar-refractivity contribution in [1.29, 1.82) is 0 Å². The van der Waals surface area contributed by atoms with Crippen molar-refractivity contribution in [3.8, 4) is 0 Å². The lowest BCUT2D eigenvalue weighted by Crippen LogP contribution is -2.21. The smallest absolute Gasteiger partial charge is 0.229 e. The molecule has 1 heterocycles. The quantitative estimate of drug-likeness (QED) is 0.849. The molecule has 24 heavy (non-hydrogen) atoms. The minimum absolute atomic E-state index is 0.0155. The van der Waals surface area contributed by atoms with Gasteiger partial charge in [0.25, 0.3) is 0 Å². The Labute approximate surface area is 143 Å². The fourth-order valence-electron chi connectivity index (χ4n) is 3.20. The lowest BCUT2D eigenvalue weighted by atomic mass is 9.82. The third-order valence-corrected chi connectivity index (χ3v) is 5.07. The van der Waals surface area contributed by atoms with Crippen LogP contribution in [0.2, 0.25) is 0 Å². The zero-order chi connectivity index (χ0) is 17.2. The molecule has 0 bridgehead atoms. The zero-order valence-corrected chi connectivity index (χ0v) is 14.9. The topological polar surface area (TPSA) is 49.2 Å². The predicted molar refractivity (Wildman–Crippen MR) is 98.2 cm³/mol. The summed E-state index contributed by atoms with van der Waals surface area (Å²) in [6.07, 6.45) is 4.52. The molecule has 1 atom stereocenters. The lowest BCUT2D eigenvalue weighted by Gasteiger charge is -2.17. The van der Waals surface area contributed by atoms with Crippen LogP contribution in [0.4, 0.5) is 5.69 Å². The fourth-order valence-corrected chi connectivity index (χ4v) is 3.77. The van der Waals surface area contributed by atoms with Crippen molar-refractivity contribution in [3.63, 3.8) is 0 Å². The third-order valence-electron chi connectivity index (χ3n) is 4.46. The van der Waals surface area contributed by atoms with Crippen LogP contribution < -0.4 is 4.72 Å². The van der Waals surface area contributed by atoms with Crippen LogP contribution >= 0.6 is 0 Å². The van der Waals surface area contributed by atoms with E-state index in [1.807, 2.05) is 30.3 Å². The molecule has 1 aliphatic heterocycles. The summed E-state index contributed by atoms with van der Waals surface area (Å²) in [5, 5.41) is 0. The van der Waals surface area contributed by atoms with Crippen LogP contribution in [0.5, 0.6) is 0 Å². The van der Waals surface area contributed by atoms with Crippen molar-refractivity contribution in [3.05, 3.63) is 65.7 Å². The van der Waals surface area contributed by atoms with E-state index >= 15 is 0 Å². The maximum absolute atomic E-state index is 11.3. The number of hydrogen-bond acceptors (Lipinski definition) is 2. The molecule has 0 saturated heterocycles. The molecule has 1 aliphatic rings. The minimum Gasteiger partial charge on any atom is -0.284 e. The summed E-state index contributed by atoms with van der Waals surface area (Å²) >= 11 is 0. The standard InChI is InChI=1S/C19H23N2O2S/c1-19(17-8-10-18(11-9-17)20-24(2,22)23)12-13-21(15-19)14-16-6-4-3-5-7-16/h3-11,15,20H,12-14H2,1-2H3/q+1. The molecule has 3 rings (SSSR count). The number of nitrogens with one attached hydrogen (secondary N) is 1. The Morgan fingerprint density at radius 2 is 1.75 bits per heavy atom. The molecular formula is C19H23N2O2S+. The first kappa shape index (κ1) is 16.7. The average molecular weight is 343 g/mol. The van der Waals surface area contributed by atoms with Gasteiger partial charge in [-0.2, -0.15) is 0 Å². The SMILES string of the molecule is CC1(c2ccc(NS(C)(=O)=O)cc2)C=[N+](Cc2ccccc2)CC1. The highest BCUT2D eigenvalue weighted by Crippen LogP contribution is 2.30. The molecule has 0 aliphatic carbocycles. The van der Waals surface area contributed by atoms with Gasteiger partial charge in [-0.05, 0) is 24.6 Å². The molecule has 0 saturated carbocycles. The van der Waals surface area contributed by atoms with Crippen LogP contribution in [0.25, 0.3) is 0 Å².